The molecule has 39 heavy (non-hydrogen) atoms. The lowest BCUT2D eigenvalue weighted by molar-refractivity contribution is -0.139. The summed E-state index contributed by atoms with van der Waals surface area (Å²) in [6.45, 7) is 6.21. The lowest BCUT2D eigenvalue weighted by atomic mass is 10.0. The van der Waals surface area contributed by atoms with Crippen LogP contribution >= 0.6 is 0 Å². The van der Waals surface area contributed by atoms with Crippen LogP contribution in [0.3, 0.4) is 0 Å². The molecule has 0 spiro atoms. The summed E-state index contributed by atoms with van der Waals surface area (Å²) in [5, 5.41) is 16.2. The van der Waals surface area contributed by atoms with Crippen LogP contribution in [0.5, 0.6) is 0 Å². The number of carbonyl (C=O) groups excluding carboxylic acids is 2. The number of hydrogen-bond acceptors (Lipinski definition) is 6. The van der Waals surface area contributed by atoms with Gasteiger partial charge < -0.3 is 26.0 Å². The number of carboxylic acid groups (broad SMARTS) is 1. The third kappa shape index (κ3) is 6.43. The molecule has 0 aliphatic heterocycles. The second kappa shape index (κ2) is 11.0. The van der Waals surface area contributed by atoms with Crippen molar-refractivity contribution in [2.45, 2.75) is 58.2 Å². The van der Waals surface area contributed by atoms with Crippen LogP contribution in [0.15, 0.2) is 53.5 Å². The van der Waals surface area contributed by atoms with E-state index < -0.39 is 17.9 Å². The maximum absolute atomic E-state index is 12.9. The molecule has 11 heteroatoms. The number of carboxylic acids is 1. The summed E-state index contributed by atoms with van der Waals surface area (Å²) in [7, 11) is 0. The van der Waals surface area contributed by atoms with Crippen molar-refractivity contribution >= 4 is 45.5 Å². The van der Waals surface area contributed by atoms with Gasteiger partial charge in [-0.15, -0.1) is 0 Å². The number of aromatic amines is 1. The summed E-state index contributed by atoms with van der Waals surface area (Å²) < 4.78 is 1.98. The number of rotatable bonds is 10. The van der Waals surface area contributed by atoms with Crippen LogP contribution in [0.2, 0.25) is 0 Å². The largest absolute Gasteiger partial charge is 0.480 e. The van der Waals surface area contributed by atoms with Gasteiger partial charge in [0.15, 0.2) is 0 Å². The summed E-state index contributed by atoms with van der Waals surface area (Å²) in [5.41, 5.74) is 7.49. The Hall–Kier alpha value is -4.67. The Labute approximate surface area is 224 Å². The van der Waals surface area contributed by atoms with Crippen molar-refractivity contribution in [3.8, 4) is 0 Å². The lowest BCUT2D eigenvalue weighted by Gasteiger charge is -2.25. The Kier molecular flexibility index (Phi) is 7.70. The molecule has 0 saturated carbocycles. The average molecular weight is 533 g/mol. The molecule has 0 bridgehead atoms. The number of aliphatic carboxylic acids is 1. The Balaban J connectivity index is 1.45. The van der Waals surface area contributed by atoms with Gasteiger partial charge in [0.2, 0.25) is 11.9 Å². The molecule has 0 saturated heterocycles. The molecule has 0 fully saturated rings. The molecule has 11 nitrogen and oxygen atoms in total. The van der Waals surface area contributed by atoms with E-state index in [0.717, 1.165) is 22.9 Å². The van der Waals surface area contributed by atoms with Crippen LogP contribution in [0, 0.1) is 0 Å². The summed E-state index contributed by atoms with van der Waals surface area (Å²) >= 11 is 0. The summed E-state index contributed by atoms with van der Waals surface area (Å²) in [4.78, 5) is 55.7. The predicted octanol–water partition coefficient (Wildman–Crippen LogP) is 2.78. The Morgan fingerprint density at radius 1 is 1.15 bits per heavy atom. The van der Waals surface area contributed by atoms with Gasteiger partial charge in [0, 0.05) is 41.2 Å². The van der Waals surface area contributed by atoms with Gasteiger partial charge in [0.1, 0.15) is 6.04 Å². The summed E-state index contributed by atoms with van der Waals surface area (Å²) in [6.07, 6.45) is 2.56. The summed E-state index contributed by atoms with van der Waals surface area (Å²) in [6, 6.07) is 11.1. The first-order valence-corrected chi connectivity index (χ1v) is 12.7. The van der Waals surface area contributed by atoms with Crippen molar-refractivity contribution in [2.75, 3.05) is 5.73 Å². The standard InChI is InChI=1S/C28H32N6O5/c1-4-28(2,3)33-23(35)10-8-21(26(38)39)30-24(36)18-6-9-22-17(14-18)11-12-34(22)15-16-5-7-20-19(13-16)25(37)32-27(29)31-20/h5-7,9,11-14,21H,4,8,10,15H2,1-3H3,(H,30,36)(H,33,35)(H,38,39)(H3,29,31,32,37)/t21-/m0/s1. The lowest BCUT2D eigenvalue weighted by Crippen LogP contribution is -2.45. The fourth-order valence-corrected chi connectivity index (χ4v) is 4.28. The Morgan fingerprint density at radius 2 is 1.92 bits per heavy atom. The van der Waals surface area contributed by atoms with Gasteiger partial charge >= 0.3 is 5.97 Å². The molecule has 4 aromatic rings. The number of anilines is 1. The molecule has 0 unspecified atom stereocenters. The second-order valence-electron chi connectivity index (χ2n) is 10.2. The topological polar surface area (TPSA) is 172 Å². The maximum Gasteiger partial charge on any atom is 0.326 e. The van der Waals surface area contributed by atoms with Crippen LogP contribution in [0.1, 0.15) is 56.0 Å². The minimum atomic E-state index is -1.20. The molecule has 2 aromatic heterocycles. The van der Waals surface area contributed by atoms with E-state index in [2.05, 4.69) is 20.6 Å². The minimum Gasteiger partial charge on any atom is -0.480 e. The molecule has 204 valence electrons. The number of nitrogens with zero attached hydrogens (tertiary/aromatic N) is 2. The third-order valence-corrected chi connectivity index (χ3v) is 6.80. The normalized spacial score (nSPS) is 12.4. The van der Waals surface area contributed by atoms with Crippen LogP contribution in [0.25, 0.3) is 21.8 Å². The number of H-pyrrole nitrogens is 1. The highest BCUT2D eigenvalue weighted by molar-refractivity contribution is 6.00. The molecular weight excluding hydrogens is 500 g/mol. The van der Waals surface area contributed by atoms with E-state index in [1.807, 2.05) is 43.7 Å². The zero-order valence-electron chi connectivity index (χ0n) is 22.1. The molecule has 0 aliphatic rings. The van der Waals surface area contributed by atoms with Crippen molar-refractivity contribution in [2.24, 2.45) is 0 Å². The van der Waals surface area contributed by atoms with E-state index in [9.17, 15) is 24.3 Å². The molecule has 2 heterocycles. The molecule has 0 aliphatic carbocycles. The van der Waals surface area contributed by atoms with Gasteiger partial charge in [-0.3, -0.25) is 19.4 Å². The Morgan fingerprint density at radius 3 is 2.64 bits per heavy atom. The van der Waals surface area contributed by atoms with Gasteiger partial charge in [-0.05, 0) is 68.7 Å². The van der Waals surface area contributed by atoms with E-state index in [4.69, 9.17) is 5.73 Å². The fourth-order valence-electron chi connectivity index (χ4n) is 4.28. The van der Waals surface area contributed by atoms with E-state index in [1.54, 1.807) is 30.3 Å². The number of benzene rings is 2. The number of nitrogens with one attached hydrogen (secondary N) is 3. The number of aromatic nitrogens is 3. The predicted molar refractivity (Wildman–Crippen MR) is 148 cm³/mol. The number of nitrogens with two attached hydrogens (primary N) is 1. The van der Waals surface area contributed by atoms with Crippen molar-refractivity contribution in [3.63, 3.8) is 0 Å². The van der Waals surface area contributed by atoms with Crippen LogP contribution < -0.4 is 21.9 Å². The minimum absolute atomic E-state index is 0.0212. The van der Waals surface area contributed by atoms with Crippen LogP contribution in [-0.4, -0.2) is 49.0 Å². The SMILES string of the molecule is CCC(C)(C)NC(=O)CC[C@H](NC(=O)c1ccc2c(ccn2Cc2ccc3nc(N)[nH]c(=O)c3c2)c1)C(=O)O. The van der Waals surface area contributed by atoms with E-state index in [1.165, 1.54) is 0 Å². The van der Waals surface area contributed by atoms with Crippen molar-refractivity contribution < 1.29 is 19.5 Å². The summed E-state index contributed by atoms with van der Waals surface area (Å²) in [5.74, 6) is -1.94. The first-order valence-electron chi connectivity index (χ1n) is 12.7. The monoisotopic (exact) mass is 532 g/mol. The molecular formula is C28H32N6O5. The molecule has 2 aromatic carbocycles. The van der Waals surface area contributed by atoms with Crippen molar-refractivity contribution in [3.05, 3.63) is 70.1 Å². The van der Waals surface area contributed by atoms with Gasteiger partial charge in [0.05, 0.1) is 10.9 Å². The van der Waals surface area contributed by atoms with Gasteiger partial charge in [0.25, 0.3) is 11.5 Å². The number of carbonyl (C=O) groups is 3. The van der Waals surface area contributed by atoms with Crippen molar-refractivity contribution in [1.82, 2.24) is 25.2 Å². The van der Waals surface area contributed by atoms with E-state index in [0.29, 0.717) is 23.0 Å². The fraction of sp³-hybridized carbons (Fsp3) is 0.321. The highest BCUT2D eigenvalue weighted by Crippen LogP contribution is 2.21. The quantitative estimate of drug-likeness (QED) is 0.209. The van der Waals surface area contributed by atoms with Crippen LogP contribution in [0.4, 0.5) is 5.95 Å². The Bertz CT molecular complexity index is 1620. The van der Waals surface area contributed by atoms with Gasteiger partial charge in [-0.1, -0.05) is 13.0 Å². The average Bonchev–Trinajstić information content (AvgIpc) is 3.28. The molecule has 6 N–H and O–H groups in total. The zero-order valence-corrected chi connectivity index (χ0v) is 22.1. The van der Waals surface area contributed by atoms with E-state index in [-0.39, 0.29) is 35.8 Å². The van der Waals surface area contributed by atoms with Gasteiger partial charge in [-0.2, -0.15) is 0 Å². The molecule has 4 rings (SSSR count). The number of nitrogen functional groups attached to an aromatic ring is 1. The number of amides is 2. The van der Waals surface area contributed by atoms with Crippen molar-refractivity contribution in [1.29, 1.82) is 0 Å². The highest BCUT2D eigenvalue weighted by Gasteiger charge is 2.24. The zero-order chi connectivity index (χ0) is 28.3. The van der Waals surface area contributed by atoms with Crippen LogP contribution in [-0.2, 0) is 16.1 Å². The smallest absolute Gasteiger partial charge is 0.326 e. The molecule has 0 radical (unpaired) electrons. The number of fused-ring (bicyclic) bond motifs is 2. The molecule has 2 amide bonds. The van der Waals surface area contributed by atoms with Gasteiger partial charge in [-0.25, -0.2) is 9.78 Å². The van der Waals surface area contributed by atoms with E-state index >= 15 is 0 Å². The second-order valence-corrected chi connectivity index (χ2v) is 10.2. The number of hydrogen-bond donors (Lipinski definition) is 5. The third-order valence-electron chi connectivity index (χ3n) is 6.80. The highest BCUT2D eigenvalue weighted by atomic mass is 16.4. The first-order chi connectivity index (χ1) is 18.5. The molecule has 1 atom stereocenters. The first kappa shape index (κ1) is 27.4. The maximum atomic E-state index is 12.9.